The summed E-state index contributed by atoms with van der Waals surface area (Å²) in [6.07, 6.45) is 0. The van der Waals surface area contributed by atoms with Gasteiger partial charge in [0.05, 0.1) is 16.2 Å². The lowest BCUT2D eigenvalue weighted by Gasteiger charge is -2.12. The van der Waals surface area contributed by atoms with Crippen LogP contribution in [0.2, 0.25) is 4.34 Å². The summed E-state index contributed by atoms with van der Waals surface area (Å²) in [5.41, 5.74) is 1.34. The number of carbonyl (C=O) groups is 2. The van der Waals surface area contributed by atoms with E-state index in [-0.39, 0.29) is 11.8 Å². The zero-order valence-corrected chi connectivity index (χ0v) is 13.7. The second-order valence-corrected chi connectivity index (χ2v) is 6.78. The SMILES string of the molecule is CC(C(=O)O)c1ccc(NC(=O)C(C)c2ccc(Cl)s2)cc1. The van der Waals surface area contributed by atoms with E-state index < -0.39 is 11.9 Å². The Bertz CT molecular complexity index is 681. The molecule has 1 heterocycles. The molecule has 0 aliphatic carbocycles. The smallest absolute Gasteiger partial charge is 0.310 e. The number of benzene rings is 1. The number of halogens is 1. The number of nitrogens with one attached hydrogen (secondary N) is 1. The molecule has 4 nitrogen and oxygen atoms in total. The number of hydrogen-bond acceptors (Lipinski definition) is 3. The van der Waals surface area contributed by atoms with Gasteiger partial charge in [0.1, 0.15) is 0 Å². The minimum Gasteiger partial charge on any atom is -0.481 e. The maximum atomic E-state index is 12.2. The van der Waals surface area contributed by atoms with Crippen molar-refractivity contribution in [3.63, 3.8) is 0 Å². The first kappa shape index (κ1) is 16.5. The topological polar surface area (TPSA) is 66.4 Å². The Morgan fingerprint density at radius 2 is 1.73 bits per heavy atom. The molecule has 0 fully saturated rings. The summed E-state index contributed by atoms with van der Waals surface area (Å²) in [4.78, 5) is 24.0. The number of thiophene rings is 1. The quantitative estimate of drug-likeness (QED) is 0.853. The number of carbonyl (C=O) groups excluding carboxylic acids is 1. The molecule has 1 aromatic carbocycles. The molecule has 2 rings (SSSR count). The van der Waals surface area contributed by atoms with E-state index in [0.717, 1.165) is 4.88 Å². The van der Waals surface area contributed by atoms with Crippen molar-refractivity contribution in [3.05, 3.63) is 51.2 Å². The number of aliphatic carboxylic acids is 1. The highest BCUT2D eigenvalue weighted by atomic mass is 35.5. The molecule has 0 saturated heterocycles. The number of rotatable bonds is 5. The lowest BCUT2D eigenvalue weighted by Crippen LogP contribution is -2.18. The summed E-state index contributed by atoms with van der Waals surface area (Å²) in [5, 5.41) is 11.8. The molecule has 1 amide bonds. The Morgan fingerprint density at radius 3 is 2.23 bits per heavy atom. The van der Waals surface area contributed by atoms with E-state index in [1.807, 2.05) is 13.0 Å². The van der Waals surface area contributed by atoms with Crippen LogP contribution in [0.3, 0.4) is 0 Å². The van der Waals surface area contributed by atoms with Crippen LogP contribution in [0, 0.1) is 0 Å². The van der Waals surface area contributed by atoms with Crippen LogP contribution in [-0.2, 0) is 9.59 Å². The molecule has 2 atom stereocenters. The van der Waals surface area contributed by atoms with E-state index in [9.17, 15) is 9.59 Å². The Hall–Kier alpha value is -1.85. The van der Waals surface area contributed by atoms with E-state index in [1.54, 1.807) is 37.3 Å². The molecule has 0 aliphatic rings. The molecule has 2 N–H and O–H groups in total. The number of anilines is 1. The Labute approximate surface area is 137 Å². The Balaban J connectivity index is 2.04. The largest absolute Gasteiger partial charge is 0.481 e. The Kier molecular flexibility index (Phi) is 5.21. The second kappa shape index (κ2) is 6.94. The zero-order chi connectivity index (χ0) is 16.3. The maximum Gasteiger partial charge on any atom is 0.310 e. The summed E-state index contributed by atoms with van der Waals surface area (Å²) in [7, 11) is 0. The number of carboxylic acids is 1. The average Bonchev–Trinajstić information content (AvgIpc) is 2.92. The van der Waals surface area contributed by atoms with Crippen LogP contribution in [0.5, 0.6) is 0 Å². The van der Waals surface area contributed by atoms with Gasteiger partial charge in [-0.2, -0.15) is 0 Å². The van der Waals surface area contributed by atoms with Gasteiger partial charge in [-0.15, -0.1) is 11.3 Å². The fraction of sp³-hybridized carbons (Fsp3) is 0.250. The molecule has 116 valence electrons. The van der Waals surface area contributed by atoms with Gasteiger partial charge in [0.2, 0.25) is 5.91 Å². The third kappa shape index (κ3) is 3.87. The van der Waals surface area contributed by atoms with Gasteiger partial charge in [-0.25, -0.2) is 0 Å². The van der Waals surface area contributed by atoms with Crippen LogP contribution in [-0.4, -0.2) is 17.0 Å². The third-order valence-corrected chi connectivity index (χ3v) is 4.88. The first-order valence-electron chi connectivity index (χ1n) is 6.77. The second-order valence-electron chi connectivity index (χ2n) is 5.03. The molecule has 1 aromatic heterocycles. The third-order valence-electron chi connectivity index (χ3n) is 3.46. The van der Waals surface area contributed by atoms with Crippen molar-refractivity contribution in [1.82, 2.24) is 0 Å². The van der Waals surface area contributed by atoms with Crippen LogP contribution in [0.4, 0.5) is 5.69 Å². The fourth-order valence-electron chi connectivity index (χ4n) is 1.94. The van der Waals surface area contributed by atoms with E-state index in [1.165, 1.54) is 11.3 Å². The van der Waals surface area contributed by atoms with Gasteiger partial charge in [-0.3, -0.25) is 9.59 Å². The normalized spacial score (nSPS) is 13.4. The lowest BCUT2D eigenvalue weighted by molar-refractivity contribution is -0.138. The molecule has 2 unspecified atom stereocenters. The first-order valence-corrected chi connectivity index (χ1v) is 7.96. The zero-order valence-electron chi connectivity index (χ0n) is 12.2. The molecule has 0 saturated carbocycles. The molecule has 2 aromatic rings. The summed E-state index contributed by atoms with van der Waals surface area (Å²) < 4.78 is 0.654. The van der Waals surface area contributed by atoms with Crippen molar-refractivity contribution in [1.29, 1.82) is 0 Å². The van der Waals surface area contributed by atoms with Gasteiger partial charge in [0, 0.05) is 10.6 Å². The predicted octanol–water partition coefficient (Wildman–Crippen LogP) is 4.33. The summed E-state index contributed by atoms with van der Waals surface area (Å²) in [6, 6.07) is 10.5. The minimum absolute atomic E-state index is 0.127. The maximum absolute atomic E-state index is 12.2. The van der Waals surface area contributed by atoms with Crippen molar-refractivity contribution < 1.29 is 14.7 Å². The van der Waals surface area contributed by atoms with Gasteiger partial charge in [-0.05, 0) is 43.7 Å². The molecule has 0 radical (unpaired) electrons. The van der Waals surface area contributed by atoms with Crippen LogP contribution in [0.15, 0.2) is 36.4 Å². The molecule has 22 heavy (non-hydrogen) atoms. The highest BCUT2D eigenvalue weighted by Crippen LogP contribution is 2.29. The number of hydrogen-bond donors (Lipinski definition) is 2. The van der Waals surface area contributed by atoms with Crippen LogP contribution in [0.1, 0.15) is 36.1 Å². The van der Waals surface area contributed by atoms with Crippen molar-refractivity contribution >= 4 is 40.5 Å². The monoisotopic (exact) mass is 337 g/mol. The highest BCUT2D eigenvalue weighted by molar-refractivity contribution is 7.16. The van der Waals surface area contributed by atoms with Crippen LogP contribution >= 0.6 is 22.9 Å². The predicted molar refractivity (Wildman–Crippen MR) is 88.9 cm³/mol. The molecule has 0 spiro atoms. The molecular formula is C16H16ClNO3S. The van der Waals surface area contributed by atoms with Crippen molar-refractivity contribution in [2.24, 2.45) is 0 Å². The van der Waals surface area contributed by atoms with Crippen LogP contribution < -0.4 is 5.32 Å². The van der Waals surface area contributed by atoms with E-state index in [0.29, 0.717) is 15.6 Å². The van der Waals surface area contributed by atoms with Crippen LogP contribution in [0.25, 0.3) is 0 Å². The van der Waals surface area contributed by atoms with Gasteiger partial charge < -0.3 is 10.4 Å². The van der Waals surface area contributed by atoms with Gasteiger partial charge in [-0.1, -0.05) is 23.7 Å². The molecular weight excluding hydrogens is 322 g/mol. The van der Waals surface area contributed by atoms with Crippen molar-refractivity contribution in [2.45, 2.75) is 25.7 Å². The Morgan fingerprint density at radius 1 is 1.09 bits per heavy atom. The van der Waals surface area contributed by atoms with Crippen molar-refractivity contribution in [2.75, 3.05) is 5.32 Å². The van der Waals surface area contributed by atoms with Gasteiger partial charge >= 0.3 is 5.97 Å². The van der Waals surface area contributed by atoms with Gasteiger partial charge in [0.25, 0.3) is 0 Å². The minimum atomic E-state index is -0.875. The van der Waals surface area contributed by atoms with E-state index >= 15 is 0 Å². The molecule has 0 bridgehead atoms. The molecule has 0 aliphatic heterocycles. The first-order chi connectivity index (χ1) is 10.4. The number of carboxylic acid groups (broad SMARTS) is 1. The highest BCUT2D eigenvalue weighted by Gasteiger charge is 2.18. The van der Waals surface area contributed by atoms with E-state index in [2.05, 4.69) is 5.32 Å². The van der Waals surface area contributed by atoms with Gasteiger partial charge in [0.15, 0.2) is 0 Å². The summed E-state index contributed by atoms with van der Waals surface area (Å²) in [5.74, 6) is -1.87. The molecule has 6 heteroatoms. The average molecular weight is 338 g/mol. The fourth-order valence-corrected chi connectivity index (χ4v) is 3.05. The standard InChI is InChI=1S/C16H16ClNO3S/c1-9(16(20)21)11-3-5-12(6-4-11)18-15(19)10(2)13-7-8-14(17)22-13/h3-10H,1-2H3,(H,18,19)(H,20,21). The summed E-state index contributed by atoms with van der Waals surface area (Å²) >= 11 is 7.26. The van der Waals surface area contributed by atoms with E-state index in [4.69, 9.17) is 16.7 Å². The number of amides is 1. The van der Waals surface area contributed by atoms with Crippen molar-refractivity contribution in [3.8, 4) is 0 Å². The lowest BCUT2D eigenvalue weighted by atomic mass is 10.0. The summed E-state index contributed by atoms with van der Waals surface area (Å²) in [6.45, 7) is 3.44.